The van der Waals surface area contributed by atoms with Crippen LogP contribution in [0.15, 0.2) is 34.9 Å². The molecule has 1 heterocycles. The SMILES string of the molecule is Cc1cc(NC(=O)C[NH2+][C@@H](c2ccc(CC(C)C)cc2)C(C)C)no1. The van der Waals surface area contributed by atoms with E-state index in [0.717, 1.165) is 6.42 Å². The summed E-state index contributed by atoms with van der Waals surface area (Å²) in [7, 11) is 0. The molecule has 0 aliphatic rings. The standard InChI is InChI=1S/C20H29N3O2/c1-13(2)10-16-6-8-17(9-7-16)20(14(3)4)21-12-19(24)22-18-11-15(5)25-23-18/h6-9,11,13-14,20-21H,10,12H2,1-5H3,(H,22,23,24)/p+1/t20-/m1/s1. The van der Waals surface area contributed by atoms with Gasteiger partial charge in [-0.2, -0.15) is 0 Å². The first kappa shape index (κ1) is 19.2. The summed E-state index contributed by atoms with van der Waals surface area (Å²) in [6.45, 7) is 11.0. The second kappa shape index (κ2) is 8.81. The first-order valence-corrected chi connectivity index (χ1v) is 9.00. The van der Waals surface area contributed by atoms with E-state index in [2.05, 4.69) is 67.8 Å². The number of nitrogens with two attached hydrogens (primary N) is 1. The van der Waals surface area contributed by atoms with Crippen LogP contribution in [-0.2, 0) is 11.2 Å². The van der Waals surface area contributed by atoms with Crippen molar-refractivity contribution in [2.75, 3.05) is 11.9 Å². The maximum atomic E-state index is 12.1. The number of carbonyl (C=O) groups excluding carboxylic acids is 1. The minimum Gasteiger partial charge on any atom is -0.360 e. The number of aromatic nitrogens is 1. The van der Waals surface area contributed by atoms with Crippen LogP contribution in [0.5, 0.6) is 0 Å². The zero-order valence-electron chi connectivity index (χ0n) is 15.9. The van der Waals surface area contributed by atoms with Crippen LogP contribution < -0.4 is 10.6 Å². The van der Waals surface area contributed by atoms with E-state index >= 15 is 0 Å². The molecule has 0 saturated heterocycles. The molecular weight excluding hydrogens is 314 g/mol. The van der Waals surface area contributed by atoms with E-state index in [4.69, 9.17) is 4.52 Å². The van der Waals surface area contributed by atoms with Crippen LogP contribution in [0.25, 0.3) is 0 Å². The first-order chi connectivity index (χ1) is 11.8. The van der Waals surface area contributed by atoms with Gasteiger partial charge < -0.3 is 15.2 Å². The number of rotatable bonds is 8. The van der Waals surface area contributed by atoms with E-state index in [-0.39, 0.29) is 11.9 Å². The van der Waals surface area contributed by atoms with Gasteiger partial charge in [0.2, 0.25) is 0 Å². The first-order valence-electron chi connectivity index (χ1n) is 9.00. The molecule has 2 rings (SSSR count). The van der Waals surface area contributed by atoms with Crippen molar-refractivity contribution in [3.05, 3.63) is 47.2 Å². The van der Waals surface area contributed by atoms with Gasteiger partial charge in [0.25, 0.3) is 5.91 Å². The van der Waals surface area contributed by atoms with E-state index in [1.807, 2.05) is 0 Å². The fraction of sp³-hybridized carbons (Fsp3) is 0.500. The summed E-state index contributed by atoms with van der Waals surface area (Å²) in [5.41, 5.74) is 2.62. The van der Waals surface area contributed by atoms with Gasteiger partial charge in [-0.25, -0.2) is 0 Å². The van der Waals surface area contributed by atoms with Crippen LogP contribution in [0.3, 0.4) is 0 Å². The molecule has 0 radical (unpaired) electrons. The molecule has 2 aromatic rings. The molecule has 0 unspecified atom stereocenters. The maximum Gasteiger partial charge on any atom is 0.280 e. The van der Waals surface area contributed by atoms with Gasteiger partial charge in [-0.3, -0.25) is 4.79 Å². The Labute approximate surface area is 150 Å². The molecule has 3 N–H and O–H groups in total. The van der Waals surface area contributed by atoms with Crippen LogP contribution in [0.2, 0.25) is 0 Å². The number of hydrogen-bond donors (Lipinski definition) is 2. The maximum absolute atomic E-state index is 12.1. The topological polar surface area (TPSA) is 71.7 Å². The molecule has 25 heavy (non-hydrogen) atoms. The van der Waals surface area contributed by atoms with E-state index in [1.54, 1.807) is 13.0 Å². The van der Waals surface area contributed by atoms with Gasteiger partial charge in [-0.15, -0.1) is 0 Å². The summed E-state index contributed by atoms with van der Waals surface area (Å²) < 4.78 is 4.96. The number of nitrogens with zero attached hydrogens (tertiary/aromatic N) is 1. The molecule has 0 spiro atoms. The minimum atomic E-state index is -0.0737. The molecule has 136 valence electrons. The van der Waals surface area contributed by atoms with Crippen molar-refractivity contribution < 1.29 is 14.6 Å². The number of quaternary nitrogens is 1. The van der Waals surface area contributed by atoms with Gasteiger partial charge in [0, 0.05) is 17.5 Å². The highest BCUT2D eigenvalue weighted by Gasteiger charge is 2.21. The molecule has 1 aromatic carbocycles. The average molecular weight is 344 g/mol. The third-order valence-corrected chi connectivity index (χ3v) is 4.18. The molecule has 1 atom stereocenters. The Bertz CT molecular complexity index is 675. The highest BCUT2D eigenvalue weighted by atomic mass is 16.5. The van der Waals surface area contributed by atoms with E-state index in [0.29, 0.717) is 30.0 Å². The molecule has 5 heteroatoms. The van der Waals surface area contributed by atoms with Crippen molar-refractivity contribution in [2.24, 2.45) is 11.8 Å². The largest absolute Gasteiger partial charge is 0.360 e. The van der Waals surface area contributed by atoms with E-state index in [9.17, 15) is 4.79 Å². The number of hydrogen-bond acceptors (Lipinski definition) is 3. The monoisotopic (exact) mass is 344 g/mol. The smallest absolute Gasteiger partial charge is 0.280 e. The highest BCUT2D eigenvalue weighted by Crippen LogP contribution is 2.19. The van der Waals surface area contributed by atoms with E-state index in [1.165, 1.54) is 11.1 Å². The second-order valence-corrected chi connectivity index (χ2v) is 7.42. The summed E-state index contributed by atoms with van der Waals surface area (Å²) >= 11 is 0. The summed E-state index contributed by atoms with van der Waals surface area (Å²) in [6, 6.07) is 10.8. The Morgan fingerprint density at radius 1 is 1.20 bits per heavy atom. The predicted molar refractivity (Wildman–Crippen MR) is 99.2 cm³/mol. The van der Waals surface area contributed by atoms with Gasteiger partial charge in [0.05, 0.1) is 0 Å². The third-order valence-electron chi connectivity index (χ3n) is 4.18. The molecular formula is C20H30N3O2+. The Balaban J connectivity index is 1.94. The Hall–Kier alpha value is -2.14. The van der Waals surface area contributed by atoms with Crippen molar-refractivity contribution in [1.29, 1.82) is 0 Å². The molecule has 1 aromatic heterocycles. The number of amides is 1. The van der Waals surface area contributed by atoms with Crippen LogP contribution in [0.4, 0.5) is 5.82 Å². The van der Waals surface area contributed by atoms with Crippen LogP contribution in [-0.4, -0.2) is 17.6 Å². The Morgan fingerprint density at radius 2 is 1.88 bits per heavy atom. The summed E-state index contributed by atoms with van der Waals surface area (Å²) in [5, 5.41) is 8.64. The van der Waals surface area contributed by atoms with Gasteiger partial charge in [-0.05, 0) is 24.8 Å². The molecule has 0 saturated carbocycles. The van der Waals surface area contributed by atoms with Gasteiger partial charge in [0.1, 0.15) is 11.8 Å². The minimum absolute atomic E-state index is 0.0737. The molecule has 5 nitrogen and oxygen atoms in total. The molecule has 0 bridgehead atoms. The number of nitrogens with one attached hydrogen (secondary N) is 1. The van der Waals surface area contributed by atoms with Crippen LogP contribution in [0, 0.1) is 18.8 Å². The number of anilines is 1. The highest BCUT2D eigenvalue weighted by molar-refractivity contribution is 5.90. The average Bonchev–Trinajstić information content (AvgIpc) is 2.93. The summed E-state index contributed by atoms with van der Waals surface area (Å²) in [6.07, 6.45) is 1.09. The fourth-order valence-corrected chi connectivity index (χ4v) is 2.99. The second-order valence-electron chi connectivity index (χ2n) is 7.42. The quantitative estimate of drug-likeness (QED) is 0.773. The summed E-state index contributed by atoms with van der Waals surface area (Å²) in [4.78, 5) is 12.1. The number of benzene rings is 1. The van der Waals surface area contributed by atoms with E-state index < -0.39 is 0 Å². The van der Waals surface area contributed by atoms with Crippen molar-refractivity contribution in [2.45, 2.75) is 47.1 Å². The van der Waals surface area contributed by atoms with Crippen molar-refractivity contribution in [3.63, 3.8) is 0 Å². The van der Waals surface area contributed by atoms with Crippen molar-refractivity contribution in [1.82, 2.24) is 5.16 Å². The third kappa shape index (κ3) is 6.02. The van der Waals surface area contributed by atoms with Crippen LogP contribution in [0.1, 0.15) is 50.6 Å². The predicted octanol–water partition coefficient (Wildman–Crippen LogP) is 3.08. The number of carbonyl (C=O) groups is 1. The van der Waals surface area contributed by atoms with Gasteiger partial charge in [0.15, 0.2) is 12.4 Å². The normalized spacial score (nSPS) is 12.6. The van der Waals surface area contributed by atoms with Crippen molar-refractivity contribution in [3.8, 4) is 0 Å². The lowest BCUT2D eigenvalue weighted by molar-refractivity contribution is -0.692. The summed E-state index contributed by atoms with van der Waals surface area (Å²) in [5.74, 6) is 2.16. The molecule has 1 amide bonds. The Morgan fingerprint density at radius 3 is 2.40 bits per heavy atom. The zero-order chi connectivity index (χ0) is 18.4. The number of aryl methyl sites for hydroxylation is 1. The van der Waals surface area contributed by atoms with Gasteiger partial charge in [-0.1, -0.05) is 57.1 Å². The van der Waals surface area contributed by atoms with Crippen molar-refractivity contribution >= 4 is 11.7 Å². The van der Waals surface area contributed by atoms with Gasteiger partial charge >= 0.3 is 0 Å². The molecule has 0 aliphatic heterocycles. The molecule has 0 fully saturated rings. The fourth-order valence-electron chi connectivity index (χ4n) is 2.99. The molecule has 0 aliphatic carbocycles. The van der Waals surface area contributed by atoms with Crippen LogP contribution >= 0.6 is 0 Å². The lowest BCUT2D eigenvalue weighted by Crippen LogP contribution is -2.88. The lowest BCUT2D eigenvalue weighted by atomic mass is 9.94. The Kier molecular flexibility index (Phi) is 6.76. The zero-order valence-corrected chi connectivity index (χ0v) is 15.9. The lowest BCUT2D eigenvalue weighted by Gasteiger charge is -2.20.